The number of benzene rings is 1. The van der Waals surface area contributed by atoms with E-state index >= 15 is 0 Å². The summed E-state index contributed by atoms with van der Waals surface area (Å²) < 4.78 is 15.9. The minimum Gasteiger partial charge on any atom is -0.390 e. The summed E-state index contributed by atoms with van der Waals surface area (Å²) in [5, 5.41) is 26.1. The van der Waals surface area contributed by atoms with Crippen molar-refractivity contribution in [3.63, 3.8) is 0 Å². The highest BCUT2D eigenvalue weighted by Gasteiger charge is 2.42. The molecule has 1 aliphatic rings. The van der Waals surface area contributed by atoms with Gasteiger partial charge in [-0.25, -0.2) is 19.3 Å². The van der Waals surface area contributed by atoms with Gasteiger partial charge < -0.3 is 20.1 Å². The van der Waals surface area contributed by atoms with Gasteiger partial charge in [0.1, 0.15) is 18.1 Å². The van der Waals surface area contributed by atoms with E-state index in [2.05, 4.69) is 27.2 Å². The third-order valence-corrected chi connectivity index (χ3v) is 6.93. The highest BCUT2D eigenvalue weighted by molar-refractivity contribution is 5.81. The lowest BCUT2D eigenvalue weighted by atomic mass is 9.95. The van der Waals surface area contributed by atoms with Crippen LogP contribution in [0.25, 0.3) is 21.9 Å². The maximum atomic E-state index is 14.0. The Labute approximate surface area is 191 Å². The van der Waals surface area contributed by atoms with Crippen LogP contribution in [0.4, 0.5) is 10.2 Å². The molecule has 172 valence electrons. The highest BCUT2D eigenvalue weighted by Crippen LogP contribution is 2.39. The number of halogens is 1. The minimum atomic E-state index is -0.856. The van der Waals surface area contributed by atoms with E-state index in [1.807, 2.05) is 35.0 Å². The number of rotatable bonds is 6. The molecule has 4 atom stereocenters. The highest BCUT2D eigenvalue weighted by atomic mass is 19.1. The summed E-state index contributed by atoms with van der Waals surface area (Å²) in [7, 11) is 1.65. The predicted octanol–water partition coefficient (Wildman–Crippen LogP) is 3.64. The molecule has 1 fully saturated rings. The molecule has 33 heavy (non-hydrogen) atoms. The number of pyridine rings is 1. The Morgan fingerprint density at radius 2 is 2.00 bits per heavy atom. The molecule has 4 aromatic rings. The summed E-state index contributed by atoms with van der Waals surface area (Å²) in [4.78, 5) is 13.1. The molecule has 8 heteroatoms. The fourth-order valence-corrected chi connectivity index (χ4v) is 5.10. The second kappa shape index (κ2) is 8.68. The van der Waals surface area contributed by atoms with E-state index in [0.717, 1.165) is 52.5 Å². The number of aliphatic hydroxyl groups excluding tert-OH is 2. The van der Waals surface area contributed by atoms with E-state index in [0.29, 0.717) is 6.42 Å². The van der Waals surface area contributed by atoms with Crippen LogP contribution in [0.1, 0.15) is 37.1 Å². The first-order valence-corrected chi connectivity index (χ1v) is 11.4. The van der Waals surface area contributed by atoms with Crippen molar-refractivity contribution in [2.24, 2.45) is 5.92 Å². The van der Waals surface area contributed by atoms with Crippen molar-refractivity contribution in [3.05, 3.63) is 59.9 Å². The standard InChI is InChI=1S/C25H28FN5O2/c1-3-19-17-8-9-31(25(17)29-13-28-19)21-12-16(22(32)23(21)33)7-5-14-4-6-15-11-18(26)24(27-2)30-20(15)10-14/h4,6,8-11,13,16,21-23,32-33H,3,5,7,12H2,1-2H3,(H,27,30)/t16-,21+,22+,23-/m0/s1. The Morgan fingerprint density at radius 3 is 2.79 bits per heavy atom. The van der Waals surface area contributed by atoms with Crippen LogP contribution in [-0.4, -0.2) is 49.0 Å². The molecule has 0 bridgehead atoms. The molecule has 3 aromatic heterocycles. The first kappa shape index (κ1) is 21.7. The third-order valence-electron chi connectivity index (χ3n) is 6.93. The molecule has 3 heterocycles. The van der Waals surface area contributed by atoms with E-state index in [-0.39, 0.29) is 23.6 Å². The van der Waals surface area contributed by atoms with E-state index in [1.54, 1.807) is 13.4 Å². The Hall–Kier alpha value is -3.10. The topological polar surface area (TPSA) is 96.1 Å². The number of hydrogen-bond acceptors (Lipinski definition) is 6. The molecular formula is C25H28FN5O2. The van der Waals surface area contributed by atoms with E-state index in [9.17, 15) is 14.6 Å². The van der Waals surface area contributed by atoms with Crippen molar-refractivity contribution in [1.82, 2.24) is 19.5 Å². The minimum absolute atomic E-state index is 0.0420. The molecule has 0 amide bonds. The second-order valence-electron chi connectivity index (χ2n) is 8.81. The van der Waals surface area contributed by atoms with E-state index in [4.69, 9.17) is 0 Å². The molecule has 1 aliphatic carbocycles. The van der Waals surface area contributed by atoms with Crippen LogP contribution in [-0.2, 0) is 12.8 Å². The van der Waals surface area contributed by atoms with Crippen LogP contribution < -0.4 is 5.32 Å². The van der Waals surface area contributed by atoms with Gasteiger partial charge in [0.15, 0.2) is 11.6 Å². The number of nitrogens with zero attached hydrogens (tertiary/aromatic N) is 4. The summed E-state index contributed by atoms with van der Waals surface area (Å²) >= 11 is 0. The number of aromatic nitrogens is 4. The molecule has 1 saturated carbocycles. The van der Waals surface area contributed by atoms with Gasteiger partial charge in [-0.15, -0.1) is 0 Å². The summed E-state index contributed by atoms with van der Waals surface area (Å²) in [6.45, 7) is 2.06. The molecule has 0 saturated heterocycles. The first-order valence-electron chi connectivity index (χ1n) is 11.4. The van der Waals surface area contributed by atoms with E-state index < -0.39 is 12.2 Å². The van der Waals surface area contributed by atoms with Crippen LogP contribution in [0.2, 0.25) is 0 Å². The first-order chi connectivity index (χ1) is 16.0. The normalized spacial score (nSPS) is 22.9. The molecular weight excluding hydrogens is 421 g/mol. The van der Waals surface area contributed by atoms with Crippen molar-refractivity contribution in [3.8, 4) is 0 Å². The van der Waals surface area contributed by atoms with Crippen LogP contribution in [0.15, 0.2) is 42.9 Å². The van der Waals surface area contributed by atoms with Crippen LogP contribution in [0.3, 0.4) is 0 Å². The van der Waals surface area contributed by atoms with Crippen molar-refractivity contribution in [1.29, 1.82) is 0 Å². The third kappa shape index (κ3) is 3.83. The fourth-order valence-electron chi connectivity index (χ4n) is 5.10. The number of nitrogens with one attached hydrogen (secondary N) is 1. The van der Waals surface area contributed by atoms with Gasteiger partial charge in [-0.1, -0.05) is 19.1 Å². The maximum Gasteiger partial charge on any atom is 0.166 e. The summed E-state index contributed by atoms with van der Waals surface area (Å²) in [5.41, 5.74) is 3.58. The van der Waals surface area contributed by atoms with Gasteiger partial charge in [0.2, 0.25) is 0 Å². The van der Waals surface area contributed by atoms with Gasteiger partial charge in [0.25, 0.3) is 0 Å². The second-order valence-corrected chi connectivity index (χ2v) is 8.81. The smallest absolute Gasteiger partial charge is 0.166 e. The lowest BCUT2D eigenvalue weighted by molar-refractivity contribution is 0.00545. The van der Waals surface area contributed by atoms with Crippen molar-refractivity contribution in [2.45, 2.75) is 50.9 Å². The molecule has 5 rings (SSSR count). The van der Waals surface area contributed by atoms with E-state index in [1.165, 1.54) is 6.07 Å². The lowest BCUT2D eigenvalue weighted by Gasteiger charge is -2.19. The number of hydrogen-bond donors (Lipinski definition) is 3. The predicted molar refractivity (Wildman–Crippen MR) is 126 cm³/mol. The van der Waals surface area contributed by atoms with Crippen molar-refractivity contribution in [2.75, 3.05) is 12.4 Å². The number of aliphatic hydroxyl groups is 2. The summed E-state index contributed by atoms with van der Waals surface area (Å²) in [6.07, 6.45) is 4.78. The SMILES string of the molecule is CCc1ncnc2c1ccn2[C@@H]1C[C@H](CCc2ccc3cc(F)c(NC)nc3c2)[C@@H](O)[C@H]1O. The van der Waals surface area contributed by atoms with Crippen LogP contribution in [0.5, 0.6) is 0 Å². The number of aryl methyl sites for hydroxylation is 2. The average Bonchev–Trinajstić information content (AvgIpc) is 3.38. The zero-order valence-electron chi connectivity index (χ0n) is 18.7. The Balaban J connectivity index is 1.34. The molecule has 0 spiro atoms. The lowest BCUT2D eigenvalue weighted by Crippen LogP contribution is -2.29. The Kier molecular flexibility index (Phi) is 5.72. The fraction of sp³-hybridized carbons (Fsp3) is 0.400. The van der Waals surface area contributed by atoms with Crippen molar-refractivity contribution >= 4 is 27.8 Å². The molecule has 3 N–H and O–H groups in total. The van der Waals surface area contributed by atoms with Crippen LogP contribution >= 0.6 is 0 Å². The molecule has 1 aromatic carbocycles. The van der Waals surface area contributed by atoms with Gasteiger partial charge in [0.05, 0.1) is 23.4 Å². The molecule has 0 unspecified atom stereocenters. The Bertz CT molecular complexity index is 1310. The monoisotopic (exact) mass is 449 g/mol. The molecule has 0 radical (unpaired) electrons. The van der Waals surface area contributed by atoms with Gasteiger partial charge in [0, 0.05) is 24.0 Å². The zero-order valence-corrected chi connectivity index (χ0v) is 18.7. The zero-order chi connectivity index (χ0) is 23.1. The number of fused-ring (bicyclic) bond motifs is 2. The largest absolute Gasteiger partial charge is 0.390 e. The average molecular weight is 450 g/mol. The summed E-state index contributed by atoms with van der Waals surface area (Å²) in [6, 6.07) is 9.05. The van der Waals surface area contributed by atoms with Gasteiger partial charge in [-0.3, -0.25) is 0 Å². The Morgan fingerprint density at radius 1 is 1.15 bits per heavy atom. The van der Waals surface area contributed by atoms with Gasteiger partial charge >= 0.3 is 0 Å². The number of anilines is 1. The van der Waals surface area contributed by atoms with Gasteiger partial charge in [-0.05, 0) is 55.4 Å². The van der Waals surface area contributed by atoms with Crippen molar-refractivity contribution < 1.29 is 14.6 Å². The summed E-state index contributed by atoms with van der Waals surface area (Å²) in [5.74, 6) is -0.189. The molecule has 0 aliphatic heterocycles. The molecule has 7 nitrogen and oxygen atoms in total. The maximum absolute atomic E-state index is 14.0. The van der Waals surface area contributed by atoms with Gasteiger partial charge in [-0.2, -0.15) is 0 Å². The quantitative estimate of drug-likeness (QED) is 0.416. The van der Waals surface area contributed by atoms with Crippen LogP contribution in [0, 0.1) is 11.7 Å².